The van der Waals surface area contributed by atoms with Gasteiger partial charge in [-0.25, -0.2) is 0 Å². The van der Waals surface area contributed by atoms with Crippen molar-refractivity contribution < 1.29 is 40.2 Å². The molecule has 0 unspecified atom stereocenters. The van der Waals surface area contributed by atoms with E-state index < -0.39 is 17.8 Å². The Morgan fingerprint density at radius 1 is 0.529 bits per heavy atom. The molecule has 0 bridgehead atoms. The van der Waals surface area contributed by atoms with Gasteiger partial charge < -0.3 is 69.7 Å². The summed E-state index contributed by atoms with van der Waals surface area (Å²) in [6.07, 6.45) is 0. The van der Waals surface area contributed by atoms with Crippen LogP contribution in [0.3, 0.4) is 0 Å². The summed E-state index contributed by atoms with van der Waals surface area (Å²) < 4.78 is -2.22. The van der Waals surface area contributed by atoms with Crippen molar-refractivity contribution in [3.63, 3.8) is 0 Å². The quantitative estimate of drug-likeness (QED) is 0.263. The standard InChI is InChI=1S/4CH2OS2.Pt/c4*2-1(3)4;/h4*(H2,2,3,4);/q;;;;+4/p-4. The van der Waals surface area contributed by atoms with Crippen LogP contribution in [0.15, 0.2) is 0 Å². The molecule has 0 fully saturated rings. The zero-order chi connectivity index (χ0) is 14.3. The van der Waals surface area contributed by atoms with E-state index in [1.165, 1.54) is 0 Å². The van der Waals surface area contributed by atoms with E-state index in [0.29, 0.717) is 0 Å². The van der Waals surface area contributed by atoms with Crippen molar-refractivity contribution in [2.45, 2.75) is 0 Å². The molecule has 13 heteroatoms. The molecule has 0 saturated carbocycles. The first-order chi connectivity index (χ1) is 6.93. The third-order valence-electron chi connectivity index (χ3n) is 0. The molecule has 4 nitrogen and oxygen atoms in total. The van der Waals surface area contributed by atoms with Crippen LogP contribution in [-0.2, 0) is 71.6 Å². The Hall–Kier alpha value is 1.65. The molecule has 0 heterocycles. The molecule has 0 radical (unpaired) electrons. The second kappa shape index (κ2) is 26.3. The first-order valence-corrected chi connectivity index (χ1v) is 5.95. The molecule has 102 valence electrons. The second-order valence-corrected chi connectivity index (χ2v) is 5.38. The van der Waals surface area contributed by atoms with Crippen molar-refractivity contribution in [3.8, 4) is 0 Å². The molecule has 0 aromatic heterocycles. The van der Waals surface area contributed by atoms with E-state index in [1.807, 2.05) is 0 Å². The fourth-order valence-corrected chi connectivity index (χ4v) is 0. The maximum atomic E-state index is 9.12. The number of carbonyl (C=O) groups is 4. The molecule has 17 heavy (non-hydrogen) atoms. The minimum atomic E-state index is -0.556. The summed E-state index contributed by atoms with van der Waals surface area (Å²) >= 11 is 28.0. The van der Waals surface area contributed by atoms with Crippen LogP contribution < -0.4 is 0 Å². The van der Waals surface area contributed by atoms with Crippen molar-refractivity contribution in [1.29, 1.82) is 0 Å². The Morgan fingerprint density at radius 3 is 0.529 bits per heavy atom. The Balaban J connectivity index is -0.0000000369. The second-order valence-electron chi connectivity index (χ2n) is 1.06. The van der Waals surface area contributed by atoms with Gasteiger partial charge >= 0.3 is 21.1 Å². The summed E-state index contributed by atoms with van der Waals surface area (Å²) in [4.78, 5) is 36.5. The van der Waals surface area contributed by atoms with Crippen LogP contribution >= 0.6 is 50.5 Å². The van der Waals surface area contributed by atoms with E-state index in [9.17, 15) is 0 Å². The molecule has 0 rings (SSSR count). The number of hydrogen-bond donors (Lipinski definition) is 4. The molecule has 0 N–H and O–H groups in total. The molecule has 0 aliphatic heterocycles. The van der Waals surface area contributed by atoms with E-state index in [-0.39, 0.29) is 21.1 Å². The maximum Gasteiger partial charge on any atom is 4.00 e. The van der Waals surface area contributed by atoms with Gasteiger partial charge in [-0.1, -0.05) is 0 Å². The Labute approximate surface area is 157 Å². The average Bonchev–Trinajstić information content (AvgIpc) is 1.76. The summed E-state index contributed by atoms with van der Waals surface area (Å²) in [5, 5.41) is 0. The molecule has 0 aromatic carbocycles. The predicted octanol–water partition coefficient (Wildman–Crippen LogP) is 2.33. The van der Waals surface area contributed by atoms with E-state index >= 15 is 0 Å². The van der Waals surface area contributed by atoms with Crippen LogP contribution in [0, 0.1) is 0 Å². The van der Waals surface area contributed by atoms with Gasteiger partial charge in [0.05, 0.1) is 17.8 Å². The zero-order valence-electron chi connectivity index (χ0n) is 7.37. The van der Waals surface area contributed by atoms with E-state index in [1.54, 1.807) is 0 Å². The van der Waals surface area contributed by atoms with Crippen LogP contribution in [-0.4, -0.2) is 17.8 Å². The van der Waals surface area contributed by atoms with Gasteiger partial charge in [0.25, 0.3) is 0 Å². The monoisotopic (exact) mass is 567 g/mol. The third-order valence-corrected chi connectivity index (χ3v) is 0. The van der Waals surface area contributed by atoms with Crippen LogP contribution in [0.25, 0.3) is 0 Å². The van der Waals surface area contributed by atoms with E-state index in [0.717, 1.165) is 0 Å². The van der Waals surface area contributed by atoms with Crippen LogP contribution in [0.2, 0.25) is 0 Å². The SMILES string of the molecule is O=C([S-])S.O=C([S-])S.O=C([S-])S.O=C([S-])S.[Pt+4]. The van der Waals surface area contributed by atoms with Gasteiger partial charge in [-0.2, -0.15) is 0 Å². The van der Waals surface area contributed by atoms with Crippen molar-refractivity contribution in [1.82, 2.24) is 0 Å². The first-order valence-electron chi connectivity index (χ1n) is 2.53. The van der Waals surface area contributed by atoms with Gasteiger partial charge in [-0.05, 0) is 0 Å². The topological polar surface area (TPSA) is 68.3 Å². The molecule has 0 atom stereocenters. The largest absolute Gasteiger partial charge is 4.00 e. The van der Waals surface area contributed by atoms with Crippen molar-refractivity contribution in [2.24, 2.45) is 0 Å². The molecule has 0 aliphatic rings. The van der Waals surface area contributed by atoms with Gasteiger partial charge in [-0.3, -0.25) is 0 Å². The number of carbonyl (C=O) groups excluding carboxylic acids is 4. The Kier molecular flexibility index (Phi) is 48.2. The fraction of sp³-hybridized carbons (Fsp3) is 0. The van der Waals surface area contributed by atoms with Crippen molar-refractivity contribution >= 4 is 119 Å². The predicted molar refractivity (Wildman–Crippen MR) is 87.0 cm³/mol. The molecule has 0 aliphatic carbocycles. The Bertz CT molecular complexity index is 170. The van der Waals surface area contributed by atoms with Crippen LogP contribution in [0.5, 0.6) is 0 Å². The van der Waals surface area contributed by atoms with E-state index in [4.69, 9.17) is 19.2 Å². The van der Waals surface area contributed by atoms with Gasteiger partial charge in [0.2, 0.25) is 0 Å². The maximum absolute atomic E-state index is 9.12. The third kappa shape index (κ3) is 1590. The summed E-state index contributed by atoms with van der Waals surface area (Å²) in [6, 6.07) is 0. The normalized spacial score (nSPS) is 5.88. The molecule has 0 spiro atoms. The fourth-order valence-electron chi connectivity index (χ4n) is 0. The minimum absolute atomic E-state index is 0. The van der Waals surface area contributed by atoms with Gasteiger partial charge in [0, 0.05) is 0 Å². The van der Waals surface area contributed by atoms with E-state index in [2.05, 4.69) is 101 Å². The van der Waals surface area contributed by atoms with Crippen LogP contribution in [0.1, 0.15) is 0 Å². The number of thiol groups is 4. The minimum Gasteiger partial charge on any atom is -0.731 e. The summed E-state index contributed by atoms with van der Waals surface area (Å²) in [7, 11) is 0. The average molecular weight is 568 g/mol. The zero-order valence-corrected chi connectivity index (χ0v) is 16.5. The molecular formula is C4H4O4PtS8. The molecule has 0 aromatic rings. The molecular weight excluding hydrogens is 564 g/mol. The Morgan fingerprint density at radius 2 is 0.529 bits per heavy atom. The number of rotatable bonds is 0. The molecule has 0 saturated heterocycles. The van der Waals surface area contributed by atoms with Crippen molar-refractivity contribution in [3.05, 3.63) is 0 Å². The molecule has 0 amide bonds. The van der Waals surface area contributed by atoms with Gasteiger partial charge in [-0.15, -0.1) is 50.5 Å². The summed E-state index contributed by atoms with van der Waals surface area (Å²) in [5.74, 6) is 0. The van der Waals surface area contributed by atoms with Crippen LogP contribution in [0.4, 0.5) is 19.2 Å². The van der Waals surface area contributed by atoms with Gasteiger partial charge in [0.15, 0.2) is 0 Å². The van der Waals surface area contributed by atoms with Gasteiger partial charge in [0.1, 0.15) is 0 Å². The summed E-state index contributed by atoms with van der Waals surface area (Å²) in [6.45, 7) is 0. The smallest absolute Gasteiger partial charge is 0.731 e. The first kappa shape index (κ1) is 31.2. The number of hydrogen-bond acceptors (Lipinski definition) is 8. The van der Waals surface area contributed by atoms with Crippen molar-refractivity contribution in [2.75, 3.05) is 0 Å². The summed E-state index contributed by atoms with van der Waals surface area (Å²) in [5.41, 5.74) is 0.